The van der Waals surface area contributed by atoms with Crippen molar-refractivity contribution < 1.29 is 41.2 Å². The van der Waals surface area contributed by atoms with E-state index in [4.69, 9.17) is 5.73 Å². The van der Waals surface area contributed by atoms with Crippen molar-refractivity contribution in [2.75, 3.05) is 68.9 Å². The molecule has 4 heterocycles. The van der Waals surface area contributed by atoms with Crippen molar-refractivity contribution in [1.82, 2.24) is 20.4 Å². The van der Waals surface area contributed by atoms with Crippen LogP contribution in [0.3, 0.4) is 0 Å². The average molecular weight is 849 g/mol. The number of anilines is 3. The van der Waals surface area contributed by atoms with Crippen molar-refractivity contribution in [1.29, 1.82) is 5.26 Å². The molecule has 0 radical (unpaired) electrons. The zero-order valence-corrected chi connectivity index (χ0v) is 33.8. The molecule has 0 spiro atoms. The molecule has 0 fully saturated rings. The minimum absolute atomic E-state index is 0.0165. The fourth-order valence-electron chi connectivity index (χ4n) is 8.66. The third-order valence-electron chi connectivity index (χ3n) is 11.6. The number of nitrogens with one attached hydrogen (secondary N) is 2. The highest BCUT2D eigenvalue weighted by Crippen LogP contribution is 2.41. The fraction of sp³-hybridized carbons (Fsp3) is 0.267. The van der Waals surface area contributed by atoms with Crippen LogP contribution >= 0.6 is 0 Å². The first-order valence-electron chi connectivity index (χ1n) is 20.0. The van der Waals surface area contributed by atoms with Gasteiger partial charge in [-0.3, -0.25) is 19.4 Å². The summed E-state index contributed by atoms with van der Waals surface area (Å²) < 4.78 is 58.0. The number of rotatable bonds is 12. The van der Waals surface area contributed by atoms with Gasteiger partial charge in [0.15, 0.2) is 0 Å². The molecular formula is C45H42F4N9O4+. The predicted molar refractivity (Wildman–Crippen MR) is 221 cm³/mol. The fourth-order valence-corrected chi connectivity index (χ4v) is 8.66. The van der Waals surface area contributed by atoms with Crippen LogP contribution in [0.25, 0.3) is 0 Å². The highest BCUT2D eigenvalue weighted by Gasteiger charge is 2.46. The van der Waals surface area contributed by atoms with E-state index in [1.807, 2.05) is 20.2 Å². The number of benzene rings is 4. The maximum absolute atomic E-state index is 14.4. The number of halogens is 4. The highest BCUT2D eigenvalue weighted by atomic mass is 19.1. The summed E-state index contributed by atoms with van der Waals surface area (Å²) in [6.45, 7) is 1.90. The predicted octanol–water partition coefficient (Wildman–Crippen LogP) is 5.99. The van der Waals surface area contributed by atoms with Crippen LogP contribution < -0.4 is 26.2 Å². The first-order chi connectivity index (χ1) is 29.6. The molecule has 0 aromatic heterocycles. The van der Waals surface area contributed by atoms with Gasteiger partial charge in [-0.05, 0) is 59.7 Å². The number of nitriles is 1. The van der Waals surface area contributed by atoms with Gasteiger partial charge in [0.05, 0.1) is 97.9 Å². The van der Waals surface area contributed by atoms with Crippen LogP contribution in [-0.4, -0.2) is 91.5 Å². The van der Waals surface area contributed by atoms with Gasteiger partial charge in [0, 0.05) is 43.8 Å². The van der Waals surface area contributed by atoms with Crippen LogP contribution in [-0.2, 0) is 9.59 Å². The van der Waals surface area contributed by atoms with Crippen molar-refractivity contribution in [2.45, 2.75) is 24.9 Å². The molecule has 318 valence electrons. The Kier molecular flexibility index (Phi) is 11.0. The Bertz CT molecular complexity index is 2570. The zero-order chi connectivity index (χ0) is 44.0. The van der Waals surface area contributed by atoms with Gasteiger partial charge in [0.2, 0.25) is 0 Å². The lowest BCUT2D eigenvalue weighted by Gasteiger charge is -2.33. The molecule has 13 nitrogen and oxygen atoms in total. The summed E-state index contributed by atoms with van der Waals surface area (Å²) in [6.07, 6.45) is 1.10. The van der Waals surface area contributed by atoms with Gasteiger partial charge in [0.1, 0.15) is 23.3 Å². The molecule has 4 aromatic rings. The Morgan fingerprint density at radius 3 is 1.42 bits per heavy atom. The largest absolute Gasteiger partial charge is 0.399 e. The number of nitrogens with two attached hydrogens (primary N) is 1. The van der Waals surface area contributed by atoms with Crippen molar-refractivity contribution >= 4 is 40.9 Å². The van der Waals surface area contributed by atoms with E-state index >= 15 is 0 Å². The Morgan fingerprint density at radius 2 is 1.03 bits per heavy atom. The Labute approximate surface area is 354 Å². The number of carbonyl (C=O) groups is 4. The smallest absolute Gasteiger partial charge is 0.327 e. The van der Waals surface area contributed by atoms with Crippen LogP contribution in [0.5, 0.6) is 0 Å². The third-order valence-corrected chi connectivity index (χ3v) is 11.6. The van der Waals surface area contributed by atoms with E-state index in [9.17, 15) is 42.0 Å². The number of hydrogen-bond acceptors (Lipinski definition) is 6. The SMILES string of the molecule is C[N+](C)(CCCN1CC2=C(C1=O)[C@@H](c1ccc(N)cc1)NC(=O)N2c1cc(F)cc(F)c1)CCCN1CC2=C(C1=O)[C@@H](c1ccc(C#N)cc1)NC(=O)N2c1cc(F)cc(F)c1. The second-order valence-electron chi connectivity index (χ2n) is 16.4. The van der Waals surface area contributed by atoms with Crippen molar-refractivity contribution in [3.05, 3.63) is 147 Å². The number of hydrogen-bond donors (Lipinski definition) is 3. The summed E-state index contributed by atoms with van der Waals surface area (Å²) in [5, 5.41) is 15.0. The molecular weight excluding hydrogens is 807 g/mol. The molecule has 4 N–H and O–H groups in total. The van der Waals surface area contributed by atoms with E-state index in [-0.39, 0.29) is 41.9 Å². The zero-order valence-electron chi connectivity index (χ0n) is 33.8. The number of carbonyl (C=O) groups excluding carboxylic acids is 4. The molecule has 4 aliphatic rings. The molecule has 0 saturated heterocycles. The highest BCUT2D eigenvalue weighted by molar-refractivity contribution is 6.08. The van der Waals surface area contributed by atoms with Crippen LogP contribution in [0, 0.1) is 34.6 Å². The maximum atomic E-state index is 14.4. The topological polar surface area (TPSA) is 155 Å². The molecule has 0 unspecified atom stereocenters. The molecule has 62 heavy (non-hydrogen) atoms. The lowest BCUT2D eigenvalue weighted by atomic mass is 9.94. The number of urea groups is 2. The van der Waals surface area contributed by atoms with E-state index in [2.05, 4.69) is 10.6 Å². The lowest BCUT2D eigenvalue weighted by Crippen LogP contribution is -2.47. The van der Waals surface area contributed by atoms with Gasteiger partial charge >= 0.3 is 12.1 Å². The van der Waals surface area contributed by atoms with Crippen LogP contribution in [0.15, 0.2) is 107 Å². The number of nitrogen functional groups attached to an aromatic ring is 1. The normalized spacial score (nSPS) is 18.9. The molecule has 0 bridgehead atoms. The van der Waals surface area contributed by atoms with Gasteiger partial charge in [-0.2, -0.15) is 5.26 Å². The van der Waals surface area contributed by atoms with E-state index in [0.717, 1.165) is 34.1 Å². The number of quaternary nitrogens is 1. The van der Waals surface area contributed by atoms with Crippen LogP contribution in [0.2, 0.25) is 0 Å². The number of amides is 6. The molecule has 4 aromatic carbocycles. The monoisotopic (exact) mass is 848 g/mol. The van der Waals surface area contributed by atoms with E-state index in [0.29, 0.717) is 95.0 Å². The van der Waals surface area contributed by atoms with Gasteiger partial charge in [-0.25, -0.2) is 27.2 Å². The summed E-state index contributed by atoms with van der Waals surface area (Å²) in [7, 11) is 4.04. The molecule has 8 rings (SSSR count). The van der Waals surface area contributed by atoms with Crippen LogP contribution in [0.4, 0.5) is 44.2 Å². The Hall–Kier alpha value is -7.19. The first-order valence-corrected chi connectivity index (χ1v) is 20.0. The number of nitrogens with zero attached hydrogens (tertiary/aromatic N) is 6. The van der Waals surface area contributed by atoms with E-state index < -0.39 is 47.4 Å². The van der Waals surface area contributed by atoms with E-state index in [1.165, 1.54) is 0 Å². The van der Waals surface area contributed by atoms with Crippen molar-refractivity contribution in [3.63, 3.8) is 0 Å². The van der Waals surface area contributed by atoms with Crippen molar-refractivity contribution in [3.8, 4) is 6.07 Å². The molecule has 0 saturated carbocycles. The average Bonchev–Trinajstić information content (AvgIpc) is 3.71. The minimum Gasteiger partial charge on any atom is -0.399 e. The quantitative estimate of drug-likeness (QED) is 0.0905. The first kappa shape index (κ1) is 41.5. The summed E-state index contributed by atoms with van der Waals surface area (Å²) in [4.78, 5) is 60.9. The molecule has 6 amide bonds. The van der Waals surface area contributed by atoms with Gasteiger partial charge in [-0.1, -0.05) is 24.3 Å². The summed E-state index contributed by atoms with van der Waals surface area (Å²) >= 11 is 0. The summed E-state index contributed by atoms with van der Waals surface area (Å²) in [5.74, 6) is -4.17. The second kappa shape index (κ2) is 16.3. The lowest BCUT2D eigenvalue weighted by molar-refractivity contribution is -0.890. The third kappa shape index (κ3) is 8.04. The van der Waals surface area contributed by atoms with E-state index in [1.54, 1.807) is 58.3 Å². The van der Waals surface area contributed by atoms with Gasteiger partial charge in [0.25, 0.3) is 11.8 Å². The Morgan fingerprint density at radius 1 is 0.645 bits per heavy atom. The standard InChI is InChI=1S/C45H41F4N9O4/c1-58(2,16-4-14-55-25-37-39(43(55)60)41(28-9-11-33(51)12-10-28)53-45(62)57(37)35-21-31(48)18-32(49)22-35)15-3-13-54-24-36-38(42(54)59)40(27-7-5-26(23-50)6-8-27)52-44(61)56(36)34-19-29(46)17-30(47)20-34/h5-12,17-22,40-41H,3-4,13-16,24-25,51H2,1-2H3,(H-,52,53,61,62)/p+1/t40-,41-/m1/s1. The molecule has 0 aliphatic carbocycles. The van der Waals surface area contributed by atoms with Gasteiger partial charge < -0.3 is 30.7 Å². The minimum atomic E-state index is -0.882. The van der Waals surface area contributed by atoms with Gasteiger partial charge in [-0.15, -0.1) is 0 Å². The molecule has 17 heteroatoms. The maximum Gasteiger partial charge on any atom is 0.327 e. The summed E-state index contributed by atoms with van der Waals surface area (Å²) in [5.41, 5.74) is 9.04. The summed E-state index contributed by atoms with van der Waals surface area (Å²) in [6, 6.07) is 17.8. The Balaban J connectivity index is 0.937. The van der Waals surface area contributed by atoms with Crippen molar-refractivity contribution in [2.24, 2.45) is 0 Å². The van der Waals surface area contributed by atoms with Crippen LogP contribution in [0.1, 0.15) is 41.6 Å². The second-order valence-corrected chi connectivity index (χ2v) is 16.4. The molecule has 2 atom stereocenters. The molecule has 4 aliphatic heterocycles.